The Labute approximate surface area is 103 Å². The van der Waals surface area contributed by atoms with Crippen molar-refractivity contribution in [2.75, 3.05) is 0 Å². The average molecular weight is 227 g/mol. The molecule has 0 atom stereocenters. The van der Waals surface area contributed by atoms with E-state index in [1.165, 1.54) is 11.1 Å². The van der Waals surface area contributed by atoms with Crippen molar-refractivity contribution >= 4 is 0 Å². The fraction of sp³-hybridized carbons (Fsp3) is 0.333. The molecule has 0 amide bonds. The maximum Gasteiger partial charge on any atom is 0.187 e. The third-order valence-corrected chi connectivity index (χ3v) is 2.87. The van der Waals surface area contributed by atoms with Crippen LogP contribution in [0.5, 0.6) is 0 Å². The molecule has 0 fully saturated rings. The quantitative estimate of drug-likeness (QED) is 0.721. The molecular formula is C15H19N2+. The molecule has 0 radical (unpaired) electrons. The predicted octanol–water partition coefficient (Wildman–Crippen LogP) is 2.71. The van der Waals surface area contributed by atoms with Crippen LogP contribution < -0.4 is 4.57 Å². The van der Waals surface area contributed by atoms with Crippen molar-refractivity contribution in [2.45, 2.75) is 32.7 Å². The van der Waals surface area contributed by atoms with Crippen molar-refractivity contribution in [3.05, 3.63) is 60.2 Å². The fourth-order valence-corrected chi connectivity index (χ4v) is 1.77. The van der Waals surface area contributed by atoms with Crippen LogP contribution in [0.1, 0.15) is 31.9 Å². The summed E-state index contributed by atoms with van der Waals surface area (Å²) in [5, 5.41) is 0. The first-order chi connectivity index (χ1) is 8.05. The minimum atomic E-state index is 0.225. The SMILES string of the molecule is CC(C)(C)c1ccc(C[n+]2ccncc2)cc1. The van der Waals surface area contributed by atoms with E-state index in [-0.39, 0.29) is 5.41 Å². The van der Waals surface area contributed by atoms with E-state index in [9.17, 15) is 0 Å². The minimum Gasteiger partial charge on any atom is -0.252 e. The molecule has 1 aromatic heterocycles. The molecular weight excluding hydrogens is 208 g/mol. The third kappa shape index (κ3) is 3.13. The molecule has 0 aliphatic carbocycles. The summed E-state index contributed by atoms with van der Waals surface area (Å²) in [7, 11) is 0. The summed E-state index contributed by atoms with van der Waals surface area (Å²) in [6, 6.07) is 8.84. The highest BCUT2D eigenvalue weighted by Gasteiger charge is 2.13. The van der Waals surface area contributed by atoms with Crippen molar-refractivity contribution < 1.29 is 4.57 Å². The van der Waals surface area contributed by atoms with Gasteiger partial charge in [0.25, 0.3) is 0 Å². The Bertz CT molecular complexity index is 467. The number of aromatic nitrogens is 2. The number of benzene rings is 1. The van der Waals surface area contributed by atoms with E-state index in [1.54, 1.807) is 0 Å². The molecule has 2 aromatic rings. The van der Waals surface area contributed by atoms with Crippen LogP contribution >= 0.6 is 0 Å². The Morgan fingerprint density at radius 3 is 2.12 bits per heavy atom. The van der Waals surface area contributed by atoms with Gasteiger partial charge in [-0.2, -0.15) is 4.57 Å². The lowest BCUT2D eigenvalue weighted by Crippen LogP contribution is -2.33. The van der Waals surface area contributed by atoms with Gasteiger partial charge in [-0.15, -0.1) is 0 Å². The van der Waals surface area contributed by atoms with Gasteiger partial charge in [-0.1, -0.05) is 45.0 Å². The number of rotatable bonds is 2. The molecule has 0 saturated carbocycles. The van der Waals surface area contributed by atoms with Crippen LogP contribution in [-0.2, 0) is 12.0 Å². The summed E-state index contributed by atoms with van der Waals surface area (Å²) in [4.78, 5) is 4.01. The molecule has 0 aliphatic heterocycles. The molecule has 0 unspecified atom stereocenters. The summed E-state index contributed by atoms with van der Waals surface area (Å²) < 4.78 is 2.12. The maximum atomic E-state index is 4.01. The smallest absolute Gasteiger partial charge is 0.187 e. The van der Waals surface area contributed by atoms with E-state index >= 15 is 0 Å². The molecule has 1 heterocycles. The van der Waals surface area contributed by atoms with Crippen LogP contribution in [0.2, 0.25) is 0 Å². The summed E-state index contributed by atoms with van der Waals surface area (Å²) in [6.07, 6.45) is 7.59. The van der Waals surface area contributed by atoms with Crippen molar-refractivity contribution in [1.82, 2.24) is 4.98 Å². The van der Waals surface area contributed by atoms with Gasteiger partial charge in [0.05, 0.1) is 12.4 Å². The lowest BCUT2D eigenvalue weighted by Gasteiger charge is -2.18. The zero-order valence-electron chi connectivity index (χ0n) is 10.7. The van der Waals surface area contributed by atoms with Crippen LogP contribution in [-0.4, -0.2) is 4.98 Å². The molecule has 2 rings (SSSR count). The van der Waals surface area contributed by atoms with Gasteiger partial charge in [0, 0.05) is 5.56 Å². The summed E-state index contributed by atoms with van der Waals surface area (Å²) in [5.41, 5.74) is 2.91. The average Bonchev–Trinajstić information content (AvgIpc) is 2.30. The summed E-state index contributed by atoms with van der Waals surface area (Å²) in [6.45, 7) is 7.60. The molecule has 0 spiro atoms. The molecule has 88 valence electrons. The van der Waals surface area contributed by atoms with Crippen LogP contribution in [0.25, 0.3) is 0 Å². The first-order valence-electron chi connectivity index (χ1n) is 5.94. The lowest BCUT2D eigenvalue weighted by atomic mass is 9.87. The second-order valence-corrected chi connectivity index (χ2v) is 5.36. The van der Waals surface area contributed by atoms with Crippen molar-refractivity contribution in [2.24, 2.45) is 0 Å². The van der Waals surface area contributed by atoms with Gasteiger partial charge in [0.2, 0.25) is 0 Å². The molecule has 0 N–H and O–H groups in total. The Kier molecular flexibility index (Phi) is 3.23. The normalized spacial score (nSPS) is 11.5. The van der Waals surface area contributed by atoms with E-state index in [1.807, 2.05) is 24.8 Å². The predicted molar refractivity (Wildman–Crippen MR) is 68.7 cm³/mol. The van der Waals surface area contributed by atoms with E-state index in [0.717, 1.165) is 6.54 Å². The molecule has 2 nitrogen and oxygen atoms in total. The first kappa shape index (κ1) is 11.8. The molecule has 0 bridgehead atoms. The zero-order valence-corrected chi connectivity index (χ0v) is 10.7. The Morgan fingerprint density at radius 1 is 1.00 bits per heavy atom. The van der Waals surface area contributed by atoms with Gasteiger partial charge in [-0.3, -0.25) is 4.98 Å². The van der Waals surface area contributed by atoms with Gasteiger partial charge >= 0.3 is 0 Å². The van der Waals surface area contributed by atoms with E-state index < -0.39 is 0 Å². The van der Waals surface area contributed by atoms with Gasteiger partial charge in [-0.25, -0.2) is 0 Å². The number of hydrogen-bond acceptors (Lipinski definition) is 1. The second kappa shape index (κ2) is 4.66. The molecule has 17 heavy (non-hydrogen) atoms. The standard InChI is InChI=1S/C15H19N2/c1-15(2,3)14-6-4-13(5-7-14)12-17-10-8-16-9-11-17/h4-11H,12H2,1-3H3/q+1. The van der Waals surface area contributed by atoms with E-state index in [0.29, 0.717) is 0 Å². The molecule has 2 heteroatoms. The maximum absolute atomic E-state index is 4.01. The first-order valence-corrected chi connectivity index (χ1v) is 5.94. The Balaban J connectivity index is 2.14. The molecule has 0 aliphatic rings. The highest BCUT2D eigenvalue weighted by molar-refractivity contribution is 5.27. The van der Waals surface area contributed by atoms with Crippen molar-refractivity contribution in [3.63, 3.8) is 0 Å². The molecule has 0 saturated heterocycles. The monoisotopic (exact) mass is 227 g/mol. The Hall–Kier alpha value is -1.70. The van der Waals surface area contributed by atoms with E-state index in [2.05, 4.69) is 54.6 Å². The summed E-state index contributed by atoms with van der Waals surface area (Å²) >= 11 is 0. The van der Waals surface area contributed by atoms with Gasteiger partial charge in [0.15, 0.2) is 18.9 Å². The number of hydrogen-bond donors (Lipinski definition) is 0. The summed E-state index contributed by atoms with van der Waals surface area (Å²) in [5.74, 6) is 0. The van der Waals surface area contributed by atoms with Gasteiger partial charge in [-0.05, 0) is 11.0 Å². The second-order valence-electron chi connectivity index (χ2n) is 5.36. The van der Waals surface area contributed by atoms with Crippen LogP contribution in [0.15, 0.2) is 49.1 Å². The van der Waals surface area contributed by atoms with Gasteiger partial charge < -0.3 is 0 Å². The van der Waals surface area contributed by atoms with Gasteiger partial charge in [0.1, 0.15) is 0 Å². The number of nitrogens with zero attached hydrogens (tertiary/aromatic N) is 2. The zero-order chi connectivity index (χ0) is 12.3. The topological polar surface area (TPSA) is 16.8 Å². The minimum absolute atomic E-state index is 0.225. The van der Waals surface area contributed by atoms with Crippen molar-refractivity contribution in [1.29, 1.82) is 0 Å². The fourth-order valence-electron chi connectivity index (χ4n) is 1.77. The highest BCUT2D eigenvalue weighted by atomic mass is 14.9. The lowest BCUT2D eigenvalue weighted by molar-refractivity contribution is -0.688. The van der Waals surface area contributed by atoms with Crippen LogP contribution in [0.3, 0.4) is 0 Å². The largest absolute Gasteiger partial charge is 0.252 e. The van der Waals surface area contributed by atoms with Crippen LogP contribution in [0.4, 0.5) is 0 Å². The highest BCUT2D eigenvalue weighted by Crippen LogP contribution is 2.21. The van der Waals surface area contributed by atoms with E-state index in [4.69, 9.17) is 0 Å². The van der Waals surface area contributed by atoms with Crippen molar-refractivity contribution in [3.8, 4) is 0 Å². The third-order valence-electron chi connectivity index (χ3n) is 2.87. The Morgan fingerprint density at radius 2 is 1.59 bits per heavy atom. The van der Waals surface area contributed by atoms with Crippen LogP contribution in [0, 0.1) is 0 Å². The molecule has 1 aromatic carbocycles.